The van der Waals surface area contributed by atoms with E-state index in [0.717, 1.165) is 48.4 Å². The van der Waals surface area contributed by atoms with E-state index in [1.54, 1.807) is 24.5 Å². The minimum atomic E-state index is -0.364. The van der Waals surface area contributed by atoms with E-state index in [-0.39, 0.29) is 29.8 Å². The molecule has 0 bridgehead atoms. The van der Waals surface area contributed by atoms with Gasteiger partial charge in [0.2, 0.25) is 11.9 Å². The fourth-order valence-corrected chi connectivity index (χ4v) is 4.34. The molecule has 192 valence electrons. The lowest BCUT2D eigenvalue weighted by Crippen LogP contribution is -2.44. The highest BCUT2D eigenvalue weighted by atomic mass is 16.2. The first-order valence-electron chi connectivity index (χ1n) is 12.4. The second-order valence-electron chi connectivity index (χ2n) is 10.3. The molecule has 0 spiro atoms. The van der Waals surface area contributed by atoms with E-state index in [0.29, 0.717) is 11.5 Å². The zero-order valence-electron chi connectivity index (χ0n) is 21.7. The highest BCUT2D eigenvalue weighted by Gasteiger charge is 2.31. The lowest BCUT2D eigenvalue weighted by molar-refractivity contribution is -0.140. The van der Waals surface area contributed by atoms with Crippen LogP contribution in [0.2, 0.25) is 0 Å². The molecule has 0 unspecified atom stereocenters. The molecule has 10 heteroatoms. The van der Waals surface area contributed by atoms with Crippen LogP contribution >= 0.6 is 0 Å². The highest BCUT2D eigenvalue weighted by Crippen LogP contribution is 2.28. The number of likely N-dealkylation sites (tertiary alicyclic amines) is 1. The van der Waals surface area contributed by atoms with Crippen LogP contribution in [0.1, 0.15) is 55.6 Å². The Labute approximate surface area is 216 Å². The van der Waals surface area contributed by atoms with Gasteiger partial charge >= 0.3 is 0 Å². The Morgan fingerprint density at radius 3 is 2.49 bits per heavy atom. The number of aromatic nitrogens is 4. The van der Waals surface area contributed by atoms with E-state index in [9.17, 15) is 9.59 Å². The summed E-state index contributed by atoms with van der Waals surface area (Å²) in [5, 5.41) is 18.9. The minimum absolute atomic E-state index is 0.0344. The average Bonchev–Trinajstić information content (AvgIpc) is 3.36. The molecule has 2 N–H and O–H groups in total. The number of carbonyl (C=O) groups is 2. The average molecular weight is 501 g/mol. The molecule has 0 radical (unpaired) electrons. The number of nitriles is 1. The Hall–Kier alpha value is -4.26. The van der Waals surface area contributed by atoms with Crippen molar-refractivity contribution in [2.45, 2.75) is 46.6 Å². The lowest BCUT2D eigenvalue weighted by Gasteiger charge is -2.35. The van der Waals surface area contributed by atoms with Gasteiger partial charge in [-0.1, -0.05) is 32.9 Å². The molecule has 37 heavy (non-hydrogen) atoms. The molecule has 0 saturated carbocycles. The Morgan fingerprint density at radius 1 is 1.14 bits per heavy atom. The van der Waals surface area contributed by atoms with Crippen LogP contribution in [0.5, 0.6) is 0 Å². The molecule has 3 aromatic rings. The zero-order valence-corrected chi connectivity index (χ0v) is 21.7. The van der Waals surface area contributed by atoms with Crippen molar-refractivity contribution in [1.82, 2.24) is 30.0 Å². The number of rotatable bonds is 6. The van der Waals surface area contributed by atoms with Gasteiger partial charge in [0.1, 0.15) is 6.54 Å². The molecular formula is C27H32N8O2. The van der Waals surface area contributed by atoms with Crippen molar-refractivity contribution in [1.29, 1.82) is 5.26 Å². The normalized spacial score (nSPS) is 14.2. The number of aryl methyl sites for hydroxylation is 1. The molecule has 1 saturated heterocycles. The summed E-state index contributed by atoms with van der Waals surface area (Å²) in [6, 6.07) is 9.20. The molecule has 10 nitrogen and oxygen atoms in total. The smallest absolute Gasteiger partial charge is 0.252 e. The number of carbonyl (C=O) groups excluding carboxylic acids is 2. The summed E-state index contributed by atoms with van der Waals surface area (Å²) in [5.74, 6) is 0.345. The minimum Gasteiger partial charge on any atom is -0.342 e. The first-order valence-corrected chi connectivity index (χ1v) is 12.4. The fourth-order valence-electron chi connectivity index (χ4n) is 4.34. The molecule has 2 amide bonds. The summed E-state index contributed by atoms with van der Waals surface area (Å²) < 4.78 is 1.95. The number of hydrogen-bond acceptors (Lipinski definition) is 7. The monoisotopic (exact) mass is 500 g/mol. The first-order chi connectivity index (χ1) is 17.7. The molecule has 1 aliphatic rings. The van der Waals surface area contributed by atoms with Crippen LogP contribution in [-0.2, 0) is 4.79 Å². The topological polar surface area (TPSA) is 129 Å². The molecule has 2 aromatic heterocycles. The van der Waals surface area contributed by atoms with Gasteiger partial charge in [-0.05, 0) is 37.5 Å². The molecule has 3 heterocycles. The summed E-state index contributed by atoms with van der Waals surface area (Å²) in [7, 11) is 0. The quantitative estimate of drug-likeness (QED) is 0.492. The first kappa shape index (κ1) is 25.8. The van der Waals surface area contributed by atoms with Crippen LogP contribution < -0.4 is 10.6 Å². The Bertz CT molecular complexity index is 1310. The molecule has 0 aliphatic carbocycles. The van der Waals surface area contributed by atoms with E-state index >= 15 is 0 Å². The second-order valence-corrected chi connectivity index (χ2v) is 10.3. The maximum Gasteiger partial charge on any atom is 0.252 e. The van der Waals surface area contributed by atoms with E-state index in [1.165, 1.54) is 0 Å². The third-order valence-corrected chi connectivity index (χ3v) is 6.35. The van der Waals surface area contributed by atoms with Gasteiger partial charge in [-0.25, -0.2) is 9.97 Å². The van der Waals surface area contributed by atoms with E-state index < -0.39 is 0 Å². The molecule has 1 aliphatic heterocycles. The van der Waals surface area contributed by atoms with Gasteiger partial charge in [-0.3, -0.25) is 14.3 Å². The van der Waals surface area contributed by atoms with Crippen molar-refractivity contribution in [3.8, 4) is 17.3 Å². The molecule has 0 atom stereocenters. The Balaban J connectivity index is 1.41. The summed E-state index contributed by atoms with van der Waals surface area (Å²) in [5.41, 5.74) is 3.41. The number of hydrogen-bond donors (Lipinski definition) is 2. The van der Waals surface area contributed by atoms with Gasteiger partial charge in [0.05, 0.1) is 29.7 Å². The Kier molecular flexibility index (Phi) is 7.53. The van der Waals surface area contributed by atoms with Gasteiger partial charge < -0.3 is 15.5 Å². The third kappa shape index (κ3) is 6.12. The summed E-state index contributed by atoms with van der Waals surface area (Å²) in [4.78, 5) is 35.7. The molecule has 1 aromatic carbocycles. The fraction of sp³-hybridized carbons (Fsp3) is 0.407. The predicted octanol–water partition coefficient (Wildman–Crippen LogP) is 3.86. The van der Waals surface area contributed by atoms with Gasteiger partial charge in [0.15, 0.2) is 0 Å². The SMILES string of the molecule is Cc1cnc(Nc2cnn(C3CCN(C(=O)C(C)(C)C)CC3)c2)nc1-c1ccc(C(=O)NCC#N)cc1. The molecular weight excluding hydrogens is 468 g/mol. The lowest BCUT2D eigenvalue weighted by atomic mass is 9.93. The summed E-state index contributed by atoms with van der Waals surface area (Å²) in [6.07, 6.45) is 7.18. The number of nitrogens with zero attached hydrogens (tertiary/aromatic N) is 6. The maximum absolute atomic E-state index is 12.6. The van der Waals surface area contributed by atoms with Gasteiger partial charge in [-0.15, -0.1) is 0 Å². The Morgan fingerprint density at radius 2 is 1.84 bits per heavy atom. The van der Waals surface area contributed by atoms with E-state index in [2.05, 4.69) is 25.7 Å². The van der Waals surface area contributed by atoms with Crippen LogP contribution in [0, 0.1) is 23.7 Å². The van der Waals surface area contributed by atoms with Crippen molar-refractivity contribution in [3.05, 3.63) is 54.0 Å². The number of anilines is 2. The number of amides is 2. The van der Waals surface area contributed by atoms with Crippen molar-refractivity contribution >= 4 is 23.5 Å². The standard InChI is InChI=1S/C27H32N8O2/c1-18-15-30-26(33-23(18)19-5-7-20(8-6-19)24(36)29-12-11-28)32-21-16-31-35(17-21)22-9-13-34(14-10-22)25(37)27(2,3)4/h5-8,15-17,22H,9-10,12-14H2,1-4H3,(H,29,36)(H,30,32,33). The van der Waals surface area contributed by atoms with E-state index in [4.69, 9.17) is 5.26 Å². The zero-order chi connectivity index (χ0) is 26.6. The van der Waals surface area contributed by atoms with Crippen LogP contribution in [0.15, 0.2) is 42.9 Å². The third-order valence-electron chi connectivity index (χ3n) is 6.35. The number of nitrogens with one attached hydrogen (secondary N) is 2. The van der Waals surface area contributed by atoms with Crippen LogP contribution in [-0.4, -0.2) is 56.1 Å². The van der Waals surface area contributed by atoms with Gasteiger partial charge in [0, 0.05) is 42.0 Å². The molecule has 1 fully saturated rings. The summed E-state index contributed by atoms with van der Waals surface area (Å²) in [6.45, 7) is 9.22. The highest BCUT2D eigenvalue weighted by molar-refractivity contribution is 5.94. The van der Waals surface area contributed by atoms with Crippen LogP contribution in [0.3, 0.4) is 0 Å². The van der Waals surface area contributed by atoms with Crippen LogP contribution in [0.4, 0.5) is 11.6 Å². The maximum atomic E-state index is 12.6. The van der Waals surface area contributed by atoms with Crippen molar-refractivity contribution < 1.29 is 9.59 Å². The summed E-state index contributed by atoms with van der Waals surface area (Å²) >= 11 is 0. The van der Waals surface area contributed by atoms with Gasteiger partial charge in [0.25, 0.3) is 5.91 Å². The number of benzene rings is 1. The largest absolute Gasteiger partial charge is 0.342 e. The van der Waals surface area contributed by atoms with Crippen molar-refractivity contribution in [3.63, 3.8) is 0 Å². The van der Waals surface area contributed by atoms with E-state index in [1.807, 2.05) is 61.7 Å². The second kappa shape index (κ2) is 10.8. The van der Waals surface area contributed by atoms with Crippen LogP contribution in [0.25, 0.3) is 11.3 Å². The molecule has 4 rings (SSSR count). The predicted molar refractivity (Wildman–Crippen MR) is 140 cm³/mol. The van der Waals surface area contributed by atoms with Crippen molar-refractivity contribution in [2.24, 2.45) is 5.41 Å². The van der Waals surface area contributed by atoms with Gasteiger partial charge in [-0.2, -0.15) is 10.4 Å². The van der Waals surface area contributed by atoms with Crippen molar-refractivity contribution in [2.75, 3.05) is 25.0 Å². The number of piperidine rings is 1.